The predicted octanol–water partition coefficient (Wildman–Crippen LogP) is 3.73. The Hall–Kier alpha value is -2.30. The van der Waals surface area contributed by atoms with Gasteiger partial charge in [0.15, 0.2) is 0 Å². The van der Waals surface area contributed by atoms with E-state index in [1.807, 2.05) is 6.92 Å². The van der Waals surface area contributed by atoms with Gasteiger partial charge < -0.3 is 19.7 Å². The van der Waals surface area contributed by atoms with Crippen LogP contribution in [0.2, 0.25) is 0 Å². The molecule has 2 aromatic carbocycles. The fraction of sp³-hybridized carbons (Fsp3) is 0.429. The van der Waals surface area contributed by atoms with E-state index in [1.54, 1.807) is 25.3 Å². The van der Waals surface area contributed by atoms with Crippen LogP contribution in [0, 0.1) is 0 Å². The highest BCUT2D eigenvalue weighted by molar-refractivity contribution is 7.92. The number of hydrogen-bond donors (Lipinski definition) is 1. The fourth-order valence-corrected chi connectivity index (χ4v) is 5.10. The molecule has 1 fully saturated rings. The Labute approximate surface area is 193 Å². The van der Waals surface area contributed by atoms with Crippen LogP contribution in [-0.4, -0.2) is 54.9 Å². The van der Waals surface area contributed by atoms with E-state index in [-0.39, 0.29) is 29.6 Å². The molecule has 0 amide bonds. The van der Waals surface area contributed by atoms with Crippen molar-refractivity contribution in [3.8, 4) is 11.5 Å². The van der Waals surface area contributed by atoms with Gasteiger partial charge >= 0.3 is 6.61 Å². The summed E-state index contributed by atoms with van der Waals surface area (Å²) in [6, 6.07) is 10.4. The molecule has 3 rings (SSSR count). The Balaban J connectivity index is 0.00000363. The first-order valence-corrected chi connectivity index (χ1v) is 11.5. The molecule has 0 unspecified atom stereocenters. The van der Waals surface area contributed by atoms with E-state index in [9.17, 15) is 17.2 Å². The van der Waals surface area contributed by atoms with Gasteiger partial charge in [0.25, 0.3) is 10.0 Å². The van der Waals surface area contributed by atoms with Gasteiger partial charge in [-0.3, -0.25) is 4.31 Å². The van der Waals surface area contributed by atoms with Gasteiger partial charge in [-0.05, 0) is 36.8 Å². The number of halogens is 3. The molecule has 32 heavy (non-hydrogen) atoms. The molecule has 178 valence electrons. The fourth-order valence-electron chi connectivity index (χ4n) is 3.52. The summed E-state index contributed by atoms with van der Waals surface area (Å²) in [6.07, 6.45) is 0.571. The van der Waals surface area contributed by atoms with Gasteiger partial charge in [-0.2, -0.15) is 8.78 Å². The number of piperazine rings is 1. The first kappa shape index (κ1) is 26.0. The van der Waals surface area contributed by atoms with Crippen LogP contribution in [-0.2, 0) is 10.0 Å². The normalized spacial score (nSPS) is 14.1. The lowest BCUT2D eigenvalue weighted by molar-refractivity contribution is -0.0499. The van der Waals surface area contributed by atoms with E-state index < -0.39 is 16.6 Å². The number of sulfonamides is 1. The summed E-state index contributed by atoms with van der Waals surface area (Å²) < 4.78 is 63.2. The van der Waals surface area contributed by atoms with E-state index in [0.717, 1.165) is 37.9 Å². The molecular formula is C21H28ClF2N3O4S. The van der Waals surface area contributed by atoms with Crippen LogP contribution in [0.1, 0.15) is 13.3 Å². The van der Waals surface area contributed by atoms with Gasteiger partial charge in [0.1, 0.15) is 11.5 Å². The second kappa shape index (κ2) is 11.5. The van der Waals surface area contributed by atoms with Gasteiger partial charge in [0.2, 0.25) is 0 Å². The molecule has 0 saturated carbocycles. The van der Waals surface area contributed by atoms with Crippen LogP contribution >= 0.6 is 12.4 Å². The van der Waals surface area contributed by atoms with Crippen molar-refractivity contribution in [2.75, 3.05) is 49.0 Å². The summed E-state index contributed by atoms with van der Waals surface area (Å²) in [5, 5.41) is 3.29. The average Bonchev–Trinajstić information content (AvgIpc) is 2.77. The number of hydrogen-bond acceptors (Lipinski definition) is 6. The smallest absolute Gasteiger partial charge is 0.387 e. The minimum atomic E-state index is -4.00. The number of benzene rings is 2. The van der Waals surface area contributed by atoms with Crippen LogP contribution in [0.3, 0.4) is 0 Å². The maximum Gasteiger partial charge on any atom is 0.387 e. The number of anilines is 2. The Morgan fingerprint density at radius 3 is 2.50 bits per heavy atom. The largest absolute Gasteiger partial charge is 0.495 e. The van der Waals surface area contributed by atoms with E-state index in [2.05, 4.69) is 15.0 Å². The molecule has 0 spiro atoms. The standard InChI is InChI=1S/C21H27F2N3O4S.ClH/c1-3-11-26(31(27,28)18-6-4-5-17(15-18)30-21(22)23)16-7-8-20(29-2)19(14-16)25-12-9-24-10-13-25;/h4-8,14-15,21,24H,3,9-13H2,1-2H3;1H. The number of nitrogens with one attached hydrogen (secondary N) is 1. The molecule has 0 atom stereocenters. The highest BCUT2D eigenvalue weighted by atomic mass is 35.5. The van der Waals surface area contributed by atoms with Crippen molar-refractivity contribution >= 4 is 33.8 Å². The van der Waals surface area contributed by atoms with Crippen LogP contribution in [0.15, 0.2) is 47.4 Å². The van der Waals surface area contributed by atoms with Gasteiger partial charge in [-0.15, -0.1) is 12.4 Å². The number of rotatable bonds is 9. The molecule has 2 aromatic rings. The summed E-state index contributed by atoms with van der Waals surface area (Å²) in [7, 11) is -2.43. The van der Waals surface area contributed by atoms with Crippen molar-refractivity contribution in [2.45, 2.75) is 24.9 Å². The molecule has 7 nitrogen and oxygen atoms in total. The first-order valence-electron chi connectivity index (χ1n) is 10.1. The van der Waals surface area contributed by atoms with Crippen molar-refractivity contribution in [1.29, 1.82) is 0 Å². The number of alkyl halides is 2. The molecule has 0 aliphatic carbocycles. The zero-order valence-corrected chi connectivity index (χ0v) is 19.6. The summed E-state index contributed by atoms with van der Waals surface area (Å²) in [5.41, 5.74) is 1.30. The quantitative estimate of drug-likeness (QED) is 0.576. The monoisotopic (exact) mass is 491 g/mol. The molecule has 1 aliphatic rings. The van der Waals surface area contributed by atoms with Crippen LogP contribution < -0.4 is 24.0 Å². The SMILES string of the molecule is CCCN(c1ccc(OC)c(N2CCNCC2)c1)S(=O)(=O)c1cccc(OC(F)F)c1.Cl. The van der Waals surface area contributed by atoms with Crippen molar-refractivity contribution in [2.24, 2.45) is 0 Å². The molecular weight excluding hydrogens is 464 g/mol. The highest BCUT2D eigenvalue weighted by Gasteiger charge is 2.27. The van der Waals surface area contributed by atoms with Gasteiger partial charge in [-0.25, -0.2) is 8.42 Å². The first-order chi connectivity index (χ1) is 14.9. The van der Waals surface area contributed by atoms with Crippen molar-refractivity contribution in [1.82, 2.24) is 5.32 Å². The topological polar surface area (TPSA) is 71.1 Å². The Morgan fingerprint density at radius 2 is 1.88 bits per heavy atom. The molecule has 1 aliphatic heterocycles. The summed E-state index contributed by atoms with van der Waals surface area (Å²) in [5.74, 6) is 0.454. The third kappa shape index (κ3) is 5.93. The third-order valence-corrected chi connectivity index (χ3v) is 6.78. The molecule has 0 radical (unpaired) electrons. The van der Waals surface area contributed by atoms with Crippen LogP contribution in [0.5, 0.6) is 11.5 Å². The third-order valence-electron chi connectivity index (χ3n) is 4.95. The Kier molecular flexibility index (Phi) is 9.35. The number of methoxy groups -OCH3 is 1. The lowest BCUT2D eigenvalue weighted by atomic mass is 10.2. The lowest BCUT2D eigenvalue weighted by Crippen LogP contribution is -2.43. The van der Waals surface area contributed by atoms with Crippen LogP contribution in [0.25, 0.3) is 0 Å². The zero-order chi connectivity index (χ0) is 22.4. The summed E-state index contributed by atoms with van der Waals surface area (Å²) >= 11 is 0. The summed E-state index contributed by atoms with van der Waals surface area (Å²) in [4.78, 5) is 2.03. The van der Waals surface area contributed by atoms with Crippen molar-refractivity contribution < 1.29 is 26.7 Å². The highest BCUT2D eigenvalue weighted by Crippen LogP contribution is 2.35. The van der Waals surface area contributed by atoms with Crippen LogP contribution in [0.4, 0.5) is 20.2 Å². The molecule has 1 heterocycles. The predicted molar refractivity (Wildman–Crippen MR) is 123 cm³/mol. The maximum absolute atomic E-state index is 13.4. The molecule has 1 N–H and O–H groups in total. The molecule has 0 bridgehead atoms. The Bertz CT molecular complexity index is 989. The lowest BCUT2D eigenvalue weighted by Gasteiger charge is -2.32. The summed E-state index contributed by atoms with van der Waals surface area (Å²) in [6.45, 7) is 2.26. The second-order valence-corrected chi connectivity index (χ2v) is 8.89. The second-order valence-electron chi connectivity index (χ2n) is 7.02. The van der Waals surface area contributed by atoms with Gasteiger partial charge in [-0.1, -0.05) is 13.0 Å². The van der Waals surface area contributed by atoms with E-state index in [1.165, 1.54) is 22.5 Å². The molecule has 1 saturated heterocycles. The van der Waals surface area contributed by atoms with E-state index in [0.29, 0.717) is 17.9 Å². The average molecular weight is 492 g/mol. The molecule has 0 aromatic heterocycles. The minimum Gasteiger partial charge on any atom is -0.495 e. The minimum absolute atomic E-state index is 0. The van der Waals surface area contributed by atoms with Gasteiger partial charge in [0, 0.05) is 38.8 Å². The van der Waals surface area contributed by atoms with E-state index >= 15 is 0 Å². The zero-order valence-electron chi connectivity index (χ0n) is 18.0. The Morgan fingerprint density at radius 1 is 1.16 bits per heavy atom. The number of ether oxygens (including phenoxy) is 2. The maximum atomic E-state index is 13.4. The van der Waals surface area contributed by atoms with E-state index in [4.69, 9.17) is 4.74 Å². The number of nitrogens with zero attached hydrogens (tertiary/aromatic N) is 2. The van der Waals surface area contributed by atoms with Crippen molar-refractivity contribution in [3.05, 3.63) is 42.5 Å². The van der Waals surface area contributed by atoms with Crippen molar-refractivity contribution in [3.63, 3.8) is 0 Å². The molecule has 11 heteroatoms. The van der Waals surface area contributed by atoms with Gasteiger partial charge in [0.05, 0.1) is 23.4 Å².